The second kappa shape index (κ2) is 6.55. The topological polar surface area (TPSA) is 68.0 Å². The molecule has 0 aliphatic carbocycles. The molecule has 6 heteroatoms. The van der Waals surface area contributed by atoms with Crippen molar-refractivity contribution in [3.05, 3.63) is 63.8 Å². The largest absolute Gasteiger partial charge is 0.397 e. The molecule has 0 aliphatic heterocycles. The lowest BCUT2D eigenvalue weighted by Gasteiger charge is -2.09. The normalized spacial score (nSPS) is 11.0. The zero-order valence-electron chi connectivity index (χ0n) is 14.4. The fourth-order valence-electron chi connectivity index (χ4n) is 2.79. The van der Waals surface area contributed by atoms with Crippen LogP contribution >= 0.6 is 22.7 Å². The van der Waals surface area contributed by atoms with Crippen LogP contribution in [-0.2, 0) is 0 Å². The Bertz CT molecular complexity index is 1110. The van der Waals surface area contributed by atoms with E-state index in [1.54, 1.807) is 11.3 Å². The number of carbonyl (C=O) groups excluding carboxylic acids is 1. The standard InChI is InChI=1S/C20H17N3OS2/c1-11-5-3-6-14(12(11)2)22-19(24)18-17(21)13-8-9-15(23-20(13)26-18)16-7-4-10-25-16/h3-10H,21H2,1-2H3,(H,22,24). The summed E-state index contributed by atoms with van der Waals surface area (Å²) >= 11 is 2.97. The summed E-state index contributed by atoms with van der Waals surface area (Å²) in [6.07, 6.45) is 0. The number of carbonyl (C=O) groups is 1. The number of benzene rings is 1. The molecule has 3 N–H and O–H groups in total. The Morgan fingerprint density at radius 2 is 1.96 bits per heavy atom. The lowest BCUT2D eigenvalue weighted by molar-refractivity contribution is 0.103. The Kier molecular flexibility index (Phi) is 4.22. The van der Waals surface area contributed by atoms with Crippen LogP contribution in [0.1, 0.15) is 20.8 Å². The number of amides is 1. The smallest absolute Gasteiger partial charge is 0.267 e. The maximum atomic E-state index is 12.8. The Morgan fingerprint density at radius 1 is 1.12 bits per heavy atom. The van der Waals surface area contributed by atoms with Crippen LogP contribution in [0.4, 0.5) is 11.4 Å². The van der Waals surface area contributed by atoms with Crippen molar-refractivity contribution in [2.75, 3.05) is 11.1 Å². The summed E-state index contributed by atoms with van der Waals surface area (Å²) in [6, 6.07) is 13.8. The quantitative estimate of drug-likeness (QED) is 0.495. The lowest BCUT2D eigenvalue weighted by Crippen LogP contribution is -2.13. The third-order valence-corrected chi connectivity index (χ3v) is 6.43. The third-order valence-electron chi connectivity index (χ3n) is 4.43. The lowest BCUT2D eigenvalue weighted by atomic mass is 10.1. The van der Waals surface area contributed by atoms with E-state index in [9.17, 15) is 4.79 Å². The Balaban J connectivity index is 1.71. The van der Waals surface area contributed by atoms with Gasteiger partial charge in [0, 0.05) is 11.1 Å². The maximum absolute atomic E-state index is 12.8. The van der Waals surface area contributed by atoms with Gasteiger partial charge in [0.15, 0.2) is 0 Å². The van der Waals surface area contributed by atoms with Gasteiger partial charge in [-0.3, -0.25) is 4.79 Å². The molecule has 0 saturated carbocycles. The van der Waals surface area contributed by atoms with E-state index in [-0.39, 0.29) is 5.91 Å². The number of hydrogen-bond acceptors (Lipinski definition) is 5. The highest BCUT2D eigenvalue weighted by atomic mass is 32.1. The zero-order valence-corrected chi connectivity index (χ0v) is 16.0. The predicted octanol–water partition coefficient (Wildman–Crippen LogP) is 5.48. The highest BCUT2D eigenvalue weighted by Crippen LogP contribution is 2.35. The number of anilines is 2. The molecule has 0 unspecified atom stereocenters. The Morgan fingerprint density at radius 3 is 2.73 bits per heavy atom. The summed E-state index contributed by atoms with van der Waals surface area (Å²) in [4.78, 5) is 19.8. The van der Waals surface area contributed by atoms with Crippen LogP contribution in [0.5, 0.6) is 0 Å². The van der Waals surface area contributed by atoms with Crippen LogP contribution in [-0.4, -0.2) is 10.9 Å². The molecule has 26 heavy (non-hydrogen) atoms. The fraction of sp³-hybridized carbons (Fsp3) is 0.100. The van der Waals surface area contributed by atoms with Crippen molar-refractivity contribution >= 4 is 50.2 Å². The van der Waals surface area contributed by atoms with Crippen molar-refractivity contribution < 1.29 is 4.79 Å². The summed E-state index contributed by atoms with van der Waals surface area (Å²) in [7, 11) is 0. The van der Waals surface area contributed by atoms with Gasteiger partial charge in [-0.2, -0.15) is 0 Å². The molecule has 4 nitrogen and oxygen atoms in total. The van der Waals surface area contributed by atoms with Crippen LogP contribution in [0.25, 0.3) is 20.8 Å². The average Bonchev–Trinajstić information content (AvgIpc) is 3.27. The van der Waals surface area contributed by atoms with Gasteiger partial charge in [0.05, 0.1) is 16.3 Å². The van der Waals surface area contributed by atoms with E-state index in [4.69, 9.17) is 5.73 Å². The van der Waals surface area contributed by atoms with Crippen molar-refractivity contribution in [3.63, 3.8) is 0 Å². The van der Waals surface area contributed by atoms with Crippen molar-refractivity contribution in [3.8, 4) is 10.6 Å². The minimum absolute atomic E-state index is 0.197. The first-order chi connectivity index (χ1) is 12.5. The average molecular weight is 380 g/mol. The number of nitrogens with zero attached hydrogens (tertiary/aromatic N) is 1. The molecule has 130 valence electrons. The van der Waals surface area contributed by atoms with E-state index < -0.39 is 0 Å². The summed E-state index contributed by atoms with van der Waals surface area (Å²) in [5.74, 6) is -0.197. The van der Waals surface area contributed by atoms with Gasteiger partial charge in [-0.15, -0.1) is 22.7 Å². The van der Waals surface area contributed by atoms with Gasteiger partial charge in [-0.1, -0.05) is 18.2 Å². The monoisotopic (exact) mass is 379 g/mol. The van der Waals surface area contributed by atoms with E-state index >= 15 is 0 Å². The Labute approximate surface area is 159 Å². The fourth-order valence-corrected chi connectivity index (χ4v) is 4.48. The van der Waals surface area contributed by atoms with Crippen LogP contribution in [0, 0.1) is 13.8 Å². The molecule has 0 radical (unpaired) electrons. The minimum atomic E-state index is -0.197. The van der Waals surface area contributed by atoms with Crippen LogP contribution in [0.2, 0.25) is 0 Å². The highest BCUT2D eigenvalue weighted by Gasteiger charge is 2.18. The second-order valence-corrected chi connectivity index (χ2v) is 8.02. The van der Waals surface area contributed by atoms with Crippen LogP contribution in [0.3, 0.4) is 0 Å². The molecule has 1 amide bonds. The molecule has 0 bridgehead atoms. The summed E-state index contributed by atoms with van der Waals surface area (Å²) in [6.45, 7) is 4.02. The molecule has 0 aliphatic rings. The molecular weight excluding hydrogens is 362 g/mol. The molecule has 3 heterocycles. The first-order valence-electron chi connectivity index (χ1n) is 8.15. The minimum Gasteiger partial charge on any atom is -0.397 e. The first kappa shape index (κ1) is 16.8. The predicted molar refractivity (Wildman–Crippen MR) is 111 cm³/mol. The zero-order chi connectivity index (χ0) is 18.3. The molecule has 0 atom stereocenters. The number of hydrogen-bond donors (Lipinski definition) is 2. The van der Waals surface area contributed by atoms with Crippen LogP contribution in [0.15, 0.2) is 47.8 Å². The van der Waals surface area contributed by atoms with E-state index in [0.717, 1.165) is 37.6 Å². The first-order valence-corrected chi connectivity index (χ1v) is 9.84. The Hall–Kier alpha value is -2.70. The number of fused-ring (bicyclic) bond motifs is 1. The number of nitrogens with one attached hydrogen (secondary N) is 1. The van der Waals surface area contributed by atoms with E-state index in [1.165, 1.54) is 11.3 Å². The summed E-state index contributed by atoms with van der Waals surface area (Å²) < 4.78 is 0. The number of rotatable bonds is 3. The van der Waals surface area contributed by atoms with E-state index in [2.05, 4.69) is 10.3 Å². The van der Waals surface area contributed by atoms with Gasteiger partial charge < -0.3 is 11.1 Å². The molecule has 4 rings (SSSR count). The van der Waals surface area contributed by atoms with Crippen molar-refractivity contribution in [2.45, 2.75) is 13.8 Å². The van der Waals surface area contributed by atoms with Crippen molar-refractivity contribution in [2.24, 2.45) is 0 Å². The second-order valence-electron chi connectivity index (χ2n) is 6.07. The molecule has 0 fully saturated rings. The molecule has 1 aromatic carbocycles. The highest BCUT2D eigenvalue weighted by molar-refractivity contribution is 7.21. The molecule has 3 aromatic heterocycles. The molecule has 0 spiro atoms. The van der Waals surface area contributed by atoms with Crippen molar-refractivity contribution in [1.82, 2.24) is 4.98 Å². The van der Waals surface area contributed by atoms with Gasteiger partial charge in [-0.05, 0) is 54.6 Å². The number of thiophene rings is 2. The summed E-state index contributed by atoms with van der Waals surface area (Å²) in [5.41, 5.74) is 10.6. The number of nitrogens with two attached hydrogens (primary N) is 1. The van der Waals surface area contributed by atoms with Gasteiger partial charge in [0.1, 0.15) is 9.71 Å². The third kappa shape index (κ3) is 2.87. The number of aryl methyl sites for hydroxylation is 1. The number of pyridine rings is 1. The molecule has 4 aromatic rings. The molecular formula is C20H17N3OS2. The van der Waals surface area contributed by atoms with Gasteiger partial charge >= 0.3 is 0 Å². The van der Waals surface area contributed by atoms with E-state index in [0.29, 0.717) is 10.6 Å². The SMILES string of the molecule is Cc1cccc(NC(=O)c2sc3nc(-c4cccs4)ccc3c2N)c1C. The number of aromatic nitrogens is 1. The van der Waals surface area contributed by atoms with Gasteiger partial charge in [0.25, 0.3) is 5.91 Å². The van der Waals surface area contributed by atoms with Crippen molar-refractivity contribution in [1.29, 1.82) is 0 Å². The van der Waals surface area contributed by atoms with Gasteiger partial charge in [0.2, 0.25) is 0 Å². The van der Waals surface area contributed by atoms with E-state index in [1.807, 2.05) is 61.7 Å². The van der Waals surface area contributed by atoms with Gasteiger partial charge in [-0.25, -0.2) is 4.98 Å². The maximum Gasteiger partial charge on any atom is 0.267 e. The summed E-state index contributed by atoms with van der Waals surface area (Å²) in [5, 5.41) is 5.82. The molecule has 0 saturated heterocycles. The number of nitrogen functional groups attached to an aromatic ring is 1. The van der Waals surface area contributed by atoms with Crippen LogP contribution < -0.4 is 11.1 Å².